The van der Waals surface area contributed by atoms with Crippen LogP contribution in [-0.2, 0) is 16.3 Å². The average molecular weight is 371 g/mol. The van der Waals surface area contributed by atoms with Gasteiger partial charge in [0.15, 0.2) is 9.84 Å². The second-order valence-corrected chi connectivity index (χ2v) is 8.61. The quantitative estimate of drug-likeness (QED) is 0.885. The Bertz CT molecular complexity index is 833. The Morgan fingerprint density at radius 3 is 2.52 bits per heavy atom. The summed E-state index contributed by atoms with van der Waals surface area (Å²) < 4.78 is 26.3. The minimum absolute atomic E-state index is 0.132. The van der Waals surface area contributed by atoms with Crippen LogP contribution in [0.5, 0.6) is 0 Å². The zero-order valence-electron chi connectivity index (χ0n) is 12.2. The third-order valence-electron chi connectivity index (χ3n) is 4.36. The average Bonchev–Trinajstić information content (AvgIpc) is 2.56. The second kappa shape index (κ2) is 6.44. The van der Waals surface area contributed by atoms with E-state index in [1.165, 1.54) is 18.2 Å². The molecular weight excluding hydrogens is 355 g/mol. The smallest absolute Gasteiger partial charge is 0.185 e. The number of aryl methyl sites for hydroxylation is 1. The van der Waals surface area contributed by atoms with E-state index in [0.717, 1.165) is 17.5 Å². The second-order valence-electron chi connectivity index (χ2n) is 5.72. The number of hydrogen-bond acceptors (Lipinski definition) is 3. The van der Waals surface area contributed by atoms with Gasteiger partial charge in [0.25, 0.3) is 0 Å². The fourth-order valence-corrected chi connectivity index (χ4v) is 5.68. The van der Waals surface area contributed by atoms with Gasteiger partial charge in [-0.1, -0.05) is 47.5 Å². The summed E-state index contributed by atoms with van der Waals surface area (Å²) in [5, 5.41) is 9.43. The van der Waals surface area contributed by atoms with Gasteiger partial charge in [-0.05, 0) is 42.2 Å². The first-order valence-electron chi connectivity index (χ1n) is 7.32. The molecule has 0 aromatic heterocycles. The molecule has 0 radical (unpaired) electrons. The number of sulfone groups is 1. The van der Waals surface area contributed by atoms with Crippen LogP contribution in [0.25, 0.3) is 0 Å². The van der Waals surface area contributed by atoms with Crippen LogP contribution in [0.4, 0.5) is 0 Å². The highest BCUT2D eigenvalue weighted by atomic mass is 35.5. The van der Waals surface area contributed by atoms with Gasteiger partial charge in [-0.15, -0.1) is 0 Å². The van der Waals surface area contributed by atoms with E-state index in [2.05, 4.69) is 0 Å². The Balaban J connectivity index is 2.15. The van der Waals surface area contributed by atoms with E-state index in [-0.39, 0.29) is 22.4 Å². The SMILES string of the molecule is O=S(=O)(c1ccc(Cl)c(Cl)c1)C1c2ccccc2CCC1CO. The summed E-state index contributed by atoms with van der Waals surface area (Å²) in [4.78, 5) is 0.132. The molecule has 1 aliphatic carbocycles. The Kier molecular flexibility index (Phi) is 4.70. The first-order chi connectivity index (χ1) is 10.9. The minimum Gasteiger partial charge on any atom is -0.396 e. The van der Waals surface area contributed by atoms with Crippen LogP contribution in [-0.4, -0.2) is 20.1 Å². The van der Waals surface area contributed by atoms with Gasteiger partial charge < -0.3 is 5.11 Å². The van der Waals surface area contributed by atoms with Crippen molar-refractivity contribution in [3.63, 3.8) is 0 Å². The molecule has 0 aliphatic heterocycles. The van der Waals surface area contributed by atoms with E-state index in [9.17, 15) is 13.5 Å². The molecule has 2 atom stereocenters. The van der Waals surface area contributed by atoms with Crippen molar-refractivity contribution in [2.45, 2.75) is 23.0 Å². The van der Waals surface area contributed by atoms with Gasteiger partial charge in [-0.25, -0.2) is 8.42 Å². The molecule has 122 valence electrons. The summed E-state index contributed by atoms with van der Waals surface area (Å²) >= 11 is 11.9. The molecular formula is C17H16Cl2O3S. The maximum atomic E-state index is 13.2. The van der Waals surface area contributed by atoms with E-state index >= 15 is 0 Å². The van der Waals surface area contributed by atoms with Crippen LogP contribution in [0.1, 0.15) is 22.8 Å². The highest BCUT2D eigenvalue weighted by molar-refractivity contribution is 7.91. The summed E-state index contributed by atoms with van der Waals surface area (Å²) in [5.74, 6) is -0.329. The number of aliphatic hydroxyl groups excluding tert-OH is 1. The van der Waals surface area contributed by atoms with Gasteiger partial charge in [-0.3, -0.25) is 0 Å². The summed E-state index contributed by atoms with van der Waals surface area (Å²) in [6.07, 6.45) is 1.41. The number of rotatable bonds is 3. The maximum Gasteiger partial charge on any atom is 0.185 e. The van der Waals surface area contributed by atoms with E-state index in [0.29, 0.717) is 11.4 Å². The highest BCUT2D eigenvalue weighted by Gasteiger charge is 2.39. The van der Waals surface area contributed by atoms with E-state index in [1.807, 2.05) is 24.3 Å². The predicted octanol–water partition coefficient (Wildman–Crippen LogP) is 4.06. The highest BCUT2D eigenvalue weighted by Crippen LogP contribution is 2.43. The Morgan fingerprint density at radius 2 is 1.83 bits per heavy atom. The molecule has 1 aliphatic rings. The lowest BCUT2D eigenvalue weighted by Crippen LogP contribution is -2.29. The normalized spacial score (nSPS) is 21.0. The van der Waals surface area contributed by atoms with Gasteiger partial charge in [0.2, 0.25) is 0 Å². The van der Waals surface area contributed by atoms with Gasteiger partial charge in [0.1, 0.15) is 0 Å². The van der Waals surface area contributed by atoms with Crippen molar-refractivity contribution in [3.05, 3.63) is 63.6 Å². The molecule has 0 fully saturated rings. The molecule has 0 spiro atoms. The lowest BCUT2D eigenvalue weighted by Gasteiger charge is -2.32. The molecule has 2 unspecified atom stereocenters. The third-order valence-corrected chi connectivity index (χ3v) is 7.32. The first kappa shape index (κ1) is 16.8. The van der Waals surface area contributed by atoms with Crippen molar-refractivity contribution in [3.8, 4) is 0 Å². The van der Waals surface area contributed by atoms with Crippen LogP contribution in [0.2, 0.25) is 10.0 Å². The molecule has 6 heteroatoms. The van der Waals surface area contributed by atoms with Crippen molar-refractivity contribution >= 4 is 33.0 Å². The van der Waals surface area contributed by atoms with Crippen molar-refractivity contribution < 1.29 is 13.5 Å². The van der Waals surface area contributed by atoms with Crippen LogP contribution < -0.4 is 0 Å². The van der Waals surface area contributed by atoms with Crippen molar-refractivity contribution in [2.75, 3.05) is 6.61 Å². The zero-order chi connectivity index (χ0) is 16.6. The molecule has 0 saturated heterocycles. The molecule has 23 heavy (non-hydrogen) atoms. The summed E-state index contributed by atoms with van der Waals surface area (Å²) in [7, 11) is -3.68. The molecule has 0 bridgehead atoms. The van der Waals surface area contributed by atoms with Crippen molar-refractivity contribution in [2.24, 2.45) is 5.92 Å². The monoisotopic (exact) mass is 370 g/mol. The molecule has 0 saturated carbocycles. The van der Waals surface area contributed by atoms with Crippen LogP contribution in [0, 0.1) is 5.92 Å². The van der Waals surface area contributed by atoms with Crippen molar-refractivity contribution in [1.82, 2.24) is 0 Å². The largest absolute Gasteiger partial charge is 0.396 e. The number of fused-ring (bicyclic) bond motifs is 1. The van der Waals surface area contributed by atoms with Crippen molar-refractivity contribution in [1.29, 1.82) is 0 Å². The van der Waals surface area contributed by atoms with E-state index in [4.69, 9.17) is 23.2 Å². The molecule has 0 heterocycles. The summed E-state index contributed by atoms with van der Waals surface area (Å²) in [6, 6.07) is 11.8. The topological polar surface area (TPSA) is 54.4 Å². The number of hydrogen-bond donors (Lipinski definition) is 1. The third kappa shape index (κ3) is 3.01. The standard InChI is InChI=1S/C17H16Cl2O3S/c18-15-8-7-13(9-16(15)19)23(21,22)17-12(10-20)6-5-11-3-1-2-4-14(11)17/h1-4,7-9,12,17,20H,5-6,10H2. The first-order valence-corrected chi connectivity index (χ1v) is 9.63. The predicted molar refractivity (Wildman–Crippen MR) is 91.7 cm³/mol. The maximum absolute atomic E-state index is 13.2. The van der Waals surface area contributed by atoms with Gasteiger partial charge >= 0.3 is 0 Å². The summed E-state index contributed by atoms with van der Waals surface area (Å²) in [6.45, 7) is -0.167. The summed E-state index contributed by atoms with van der Waals surface area (Å²) in [5.41, 5.74) is 1.79. The van der Waals surface area contributed by atoms with E-state index in [1.54, 1.807) is 0 Å². The number of benzene rings is 2. The molecule has 2 aromatic carbocycles. The molecule has 0 amide bonds. The Morgan fingerprint density at radius 1 is 1.09 bits per heavy atom. The van der Waals surface area contributed by atoms with Gasteiger partial charge in [0.05, 0.1) is 20.2 Å². The van der Waals surface area contributed by atoms with Gasteiger partial charge in [-0.2, -0.15) is 0 Å². The molecule has 3 nitrogen and oxygen atoms in total. The lowest BCUT2D eigenvalue weighted by atomic mass is 9.84. The number of halogens is 2. The lowest BCUT2D eigenvalue weighted by molar-refractivity contribution is 0.208. The Hall–Kier alpha value is -1.07. The Labute approximate surface area is 145 Å². The minimum atomic E-state index is -3.68. The fourth-order valence-electron chi connectivity index (χ4n) is 3.19. The van der Waals surface area contributed by atoms with Crippen LogP contribution >= 0.6 is 23.2 Å². The zero-order valence-corrected chi connectivity index (χ0v) is 14.6. The molecule has 1 N–H and O–H groups in total. The fraction of sp³-hybridized carbons (Fsp3) is 0.294. The number of aliphatic hydroxyl groups is 1. The molecule has 2 aromatic rings. The van der Waals surface area contributed by atoms with Crippen LogP contribution in [0.3, 0.4) is 0 Å². The van der Waals surface area contributed by atoms with E-state index < -0.39 is 15.1 Å². The van der Waals surface area contributed by atoms with Gasteiger partial charge in [0, 0.05) is 12.5 Å². The van der Waals surface area contributed by atoms with Crippen LogP contribution in [0.15, 0.2) is 47.4 Å². The molecule has 3 rings (SSSR count).